The number of aromatic nitrogens is 1. The van der Waals surface area contributed by atoms with Crippen molar-refractivity contribution in [3.63, 3.8) is 0 Å². The summed E-state index contributed by atoms with van der Waals surface area (Å²) in [6, 6.07) is 8.45. The van der Waals surface area contributed by atoms with Gasteiger partial charge in [-0.25, -0.2) is 35.4 Å². The molecule has 3 aromatic rings. The molecule has 1 aromatic heterocycles. The molecule has 0 unspecified atom stereocenters. The first-order valence-electron chi connectivity index (χ1n) is 12.2. The molecule has 0 atom stereocenters. The van der Waals surface area contributed by atoms with Gasteiger partial charge in [0.1, 0.15) is 0 Å². The van der Waals surface area contributed by atoms with Crippen LogP contribution in [-0.4, -0.2) is 43.8 Å². The summed E-state index contributed by atoms with van der Waals surface area (Å²) >= 11 is 5.89. The van der Waals surface area contributed by atoms with Crippen LogP contribution in [0.15, 0.2) is 71.8 Å². The Morgan fingerprint density at radius 3 is 2.07 bits per heavy atom. The average molecular weight is 630 g/mol. The van der Waals surface area contributed by atoms with Gasteiger partial charge in [-0.15, -0.1) is 0 Å². The Kier molecular flexibility index (Phi) is 10.8. The number of methoxy groups -OCH3 is 1. The molecule has 0 radical (unpaired) electrons. The number of benzene rings is 2. The van der Waals surface area contributed by atoms with Gasteiger partial charge in [0.25, 0.3) is 0 Å². The maximum Gasteiger partial charge on any atom is 0.249 e. The lowest BCUT2D eigenvalue weighted by Crippen LogP contribution is -2.44. The van der Waals surface area contributed by atoms with E-state index < -0.39 is 63.0 Å². The van der Waals surface area contributed by atoms with Crippen molar-refractivity contribution >= 4 is 33.2 Å². The van der Waals surface area contributed by atoms with Crippen molar-refractivity contribution in [3.8, 4) is 5.88 Å². The van der Waals surface area contributed by atoms with Gasteiger partial charge < -0.3 is 9.64 Å². The molecule has 3 rings (SSSR count). The van der Waals surface area contributed by atoms with Gasteiger partial charge in [-0.05, 0) is 35.8 Å². The molecule has 1 amide bonds. The number of rotatable bonds is 12. The van der Waals surface area contributed by atoms with Crippen molar-refractivity contribution in [3.05, 3.63) is 107 Å². The minimum Gasteiger partial charge on any atom is -0.481 e. The molecule has 0 aliphatic heterocycles. The zero-order chi connectivity index (χ0) is 31.2. The van der Waals surface area contributed by atoms with Crippen molar-refractivity contribution in [2.75, 3.05) is 25.1 Å². The summed E-state index contributed by atoms with van der Waals surface area (Å²) in [5.74, 6) is -13.2. The van der Waals surface area contributed by atoms with Gasteiger partial charge in [-0.3, -0.25) is 4.79 Å². The van der Waals surface area contributed by atoms with Crippen LogP contribution in [0.25, 0.3) is 0 Å². The number of anilines is 1. The summed E-state index contributed by atoms with van der Waals surface area (Å²) in [6.45, 7) is 3.70. The maximum atomic E-state index is 14.7. The maximum absolute atomic E-state index is 14.7. The third kappa shape index (κ3) is 7.15. The van der Waals surface area contributed by atoms with Crippen LogP contribution in [0.1, 0.15) is 18.9 Å². The van der Waals surface area contributed by atoms with Gasteiger partial charge in [0, 0.05) is 17.6 Å². The third-order valence-electron chi connectivity index (χ3n) is 5.96. The summed E-state index contributed by atoms with van der Waals surface area (Å²) in [5, 5.41) is 0.279. The number of pyridine rings is 1. The zero-order valence-electron chi connectivity index (χ0n) is 22.4. The van der Waals surface area contributed by atoms with Gasteiger partial charge in [-0.1, -0.05) is 49.4 Å². The Hall–Kier alpha value is -3.81. The van der Waals surface area contributed by atoms with E-state index in [0.29, 0.717) is 16.3 Å². The van der Waals surface area contributed by atoms with E-state index in [0.717, 1.165) is 4.90 Å². The van der Waals surface area contributed by atoms with E-state index in [4.69, 9.17) is 16.3 Å². The molecule has 1 heterocycles. The van der Waals surface area contributed by atoms with Crippen LogP contribution in [0.5, 0.6) is 5.88 Å². The van der Waals surface area contributed by atoms with E-state index in [1.807, 2.05) is 6.92 Å². The molecule has 42 heavy (non-hydrogen) atoms. The number of carbonyl (C=O) groups is 1. The summed E-state index contributed by atoms with van der Waals surface area (Å²) in [6.07, 6.45) is 5.10. The minimum absolute atomic E-state index is 0.110. The molecule has 0 saturated heterocycles. The van der Waals surface area contributed by atoms with Crippen LogP contribution in [0.4, 0.5) is 27.6 Å². The molecule has 0 N–H and O–H groups in total. The van der Waals surface area contributed by atoms with Crippen LogP contribution >= 0.6 is 11.6 Å². The van der Waals surface area contributed by atoms with E-state index in [-0.39, 0.29) is 28.7 Å². The van der Waals surface area contributed by atoms with Crippen molar-refractivity contribution in [2.24, 2.45) is 0 Å². The second-order valence-electron chi connectivity index (χ2n) is 8.73. The SMILES string of the molecule is C=C/C(=C\CC)CN(C(=O)CN(Cc1ccc(Cl)cc1)S(=O)(=O)c1c(F)c(F)c(F)c(F)c1F)c1ccc(OC)nc1. The molecule has 0 bridgehead atoms. The van der Waals surface area contributed by atoms with Gasteiger partial charge in [-0.2, -0.15) is 4.31 Å². The lowest BCUT2D eigenvalue weighted by Gasteiger charge is -2.28. The number of halogens is 6. The van der Waals surface area contributed by atoms with Crippen LogP contribution in [0.3, 0.4) is 0 Å². The van der Waals surface area contributed by atoms with Gasteiger partial charge in [0.15, 0.2) is 28.2 Å². The number of allylic oxidation sites excluding steroid dienone is 1. The summed E-state index contributed by atoms with van der Waals surface area (Å²) in [5.41, 5.74) is 0.980. The molecule has 0 saturated carbocycles. The van der Waals surface area contributed by atoms with Crippen LogP contribution < -0.4 is 9.64 Å². The second-order valence-corrected chi connectivity index (χ2v) is 11.0. The van der Waals surface area contributed by atoms with Crippen molar-refractivity contribution in [2.45, 2.75) is 24.8 Å². The van der Waals surface area contributed by atoms with E-state index >= 15 is 0 Å². The molecule has 224 valence electrons. The number of hydrogen-bond acceptors (Lipinski definition) is 5. The number of amides is 1. The molecule has 7 nitrogen and oxygen atoms in total. The van der Waals surface area contributed by atoms with Crippen LogP contribution in [0.2, 0.25) is 5.02 Å². The zero-order valence-corrected chi connectivity index (χ0v) is 24.0. The third-order valence-corrected chi connectivity index (χ3v) is 8.03. The van der Waals surface area contributed by atoms with Crippen LogP contribution in [-0.2, 0) is 21.4 Å². The highest BCUT2D eigenvalue weighted by Crippen LogP contribution is 2.30. The molecule has 0 spiro atoms. The fourth-order valence-electron chi connectivity index (χ4n) is 3.83. The first-order valence-corrected chi connectivity index (χ1v) is 14.0. The standard InChI is InChI=1S/C28H25ClF5N3O4S/c1-4-6-17(5-2)15-37(20-11-12-21(41-3)35-13-20)22(38)16-36(14-18-7-9-19(29)10-8-18)42(39,40)28-26(33)24(31)23(30)25(32)27(28)34/h5-13H,2,4,14-16H2,1,3H3/b17-6+. The Morgan fingerprint density at radius 1 is 0.976 bits per heavy atom. The van der Waals surface area contributed by atoms with Crippen LogP contribution in [0, 0.1) is 29.1 Å². The van der Waals surface area contributed by atoms with E-state index in [9.17, 15) is 35.2 Å². The largest absolute Gasteiger partial charge is 0.481 e. The van der Waals surface area contributed by atoms with E-state index in [1.54, 1.807) is 6.08 Å². The summed E-state index contributed by atoms with van der Waals surface area (Å²) in [7, 11) is -4.13. The number of sulfonamides is 1. The van der Waals surface area contributed by atoms with Gasteiger partial charge >= 0.3 is 0 Å². The molecule has 0 aliphatic carbocycles. The fourth-order valence-corrected chi connectivity index (χ4v) is 5.45. The first-order chi connectivity index (χ1) is 19.8. The Labute approximate surface area is 244 Å². The molecule has 2 aromatic carbocycles. The lowest BCUT2D eigenvalue weighted by atomic mass is 10.2. The Morgan fingerprint density at radius 2 is 1.57 bits per heavy atom. The number of nitrogens with zero attached hydrogens (tertiary/aromatic N) is 3. The highest BCUT2D eigenvalue weighted by Gasteiger charge is 2.38. The fraction of sp³-hybridized carbons (Fsp3) is 0.214. The molecule has 14 heteroatoms. The van der Waals surface area contributed by atoms with Crippen molar-refractivity contribution in [1.82, 2.24) is 9.29 Å². The smallest absolute Gasteiger partial charge is 0.249 e. The molecular weight excluding hydrogens is 605 g/mol. The van der Waals surface area contributed by atoms with Gasteiger partial charge in [0.05, 0.1) is 32.1 Å². The Bertz CT molecular complexity index is 1570. The molecular formula is C28H25ClF5N3O4S. The predicted octanol–water partition coefficient (Wildman–Crippen LogP) is 6.19. The second kappa shape index (κ2) is 13.9. The summed E-state index contributed by atoms with van der Waals surface area (Å²) in [4.78, 5) is 16.8. The number of hydrogen-bond donors (Lipinski definition) is 0. The monoisotopic (exact) mass is 629 g/mol. The quantitative estimate of drug-likeness (QED) is 0.103. The van der Waals surface area contributed by atoms with E-state index in [2.05, 4.69) is 11.6 Å². The average Bonchev–Trinajstić information content (AvgIpc) is 2.97. The minimum atomic E-state index is -5.51. The normalized spacial score (nSPS) is 12.0. The summed E-state index contributed by atoms with van der Waals surface area (Å²) < 4.78 is 104. The highest BCUT2D eigenvalue weighted by molar-refractivity contribution is 7.89. The topological polar surface area (TPSA) is 79.8 Å². The Balaban J connectivity index is 2.15. The van der Waals surface area contributed by atoms with Crippen molar-refractivity contribution in [1.29, 1.82) is 0 Å². The highest BCUT2D eigenvalue weighted by atomic mass is 35.5. The van der Waals surface area contributed by atoms with Crippen molar-refractivity contribution < 1.29 is 39.9 Å². The first kappa shape index (κ1) is 32.7. The van der Waals surface area contributed by atoms with Gasteiger partial charge in [0.2, 0.25) is 27.6 Å². The van der Waals surface area contributed by atoms with E-state index in [1.165, 1.54) is 55.8 Å². The predicted molar refractivity (Wildman–Crippen MR) is 147 cm³/mol. The lowest BCUT2D eigenvalue weighted by molar-refractivity contribution is -0.118. The molecule has 0 fully saturated rings. The number of carbonyl (C=O) groups excluding carboxylic acids is 1. The molecule has 0 aliphatic rings. The number of ether oxygens (including phenoxy) is 1.